The van der Waals surface area contributed by atoms with Gasteiger partial charge in [-0.05, 0) is 31.0 Å². The Hall–Kier alpha value is -0.460. The molecule has 0 heterocycles. The van der Waals surface area contributed by atoms with Gasteiger partial charge in [-0.2, -0.15) is 4.31 Å². The summed E-state index contributed by atoms with van der Waals surface area (Å²) in [7, 11) is -3.74. The molecule has 1 saturated carbocycles. The fourth-order valence-electron chi connectivity index (χ4n) is 2.63. The quantitative estimate of drug-likeness (QED) is 0.833. The van der Waals surface area contributed by atoms with Crippen molar-refractivity contribution in [3.63, 3.8) is 0 Å². The van der Waals surface area contributed by atoms with Crippen molar-refractivity contribution in [3.05, 3.63) is 28.5 Å². The number of benzene rings is 1. The van der Waals surface area contributed by atoms with Crippen LogP contribution in [0.15, 0.2) is 27.6 Å². The molecule has 0 aromatic heterocycles. The molecule has 0 spiro atoms. The van der Waals surface area contributed by atoms with Crippen LogP contribution in [0.5, 0.6) is 0 Å². The first-order valence-electron chi connectivity index (χ1n) is 6.43. The van der Waals surface area contributed by atoms with E-state index in [0.717, 1.165) is 25.7 Å². The number of hydrogen-bond acceptors (Lipinski definition) is 2. The molecular formula is C13H17BrFNO2S. The first-order chi connectivity index (χ1) is 8.96. The van der Waals surface area contributed by atoms with Crippen LogP contribution in [0.1, 0.15) is 32.6 Å². The van der Waals surface area contributed by atoms with E-state index < -0.39 is 15.8 Å². The van der Waals surface area contributed by atoms with Gasteiger partial charge in [0.1, 0.15) is 10.7 Å². The summed E-state index contributed by atoms with van der Waals surface area (Å²) >= 11 is 3.13. The number of rotatable bonds is 4. The molecule has 1 aliphatic rings. The van der Waals surface area contributed by atoms with E-state index in [9.17, 15) is 12.8 Å². The van der Waals surface area contributed by atoms with Crippen LogP contribution >= 0.6 is 15.9 Å². The summed E-state index contributed by atoms with van der Waals surface area (Å²) in [6.45, 7) is 2.18. The van der Waals surface area contributed by atoms with Crippen LogP contribution in [-0.2, 0) is 10.0 Å². The normalized spacial score (nSPS) is 17.3. The van der Waals surface area contributed by atoms with Gasteiger partial charge in [0.15, 0.2) is 0 Å². The van der Waals surface area contributed by atoms with Crippen molar-refractivity contribution in [2.75, 3.05) is 6.54 Å². The van der Waals surface area contributed by atoms with Crippen LogP contribution in [-0.4, -0.2) is 25.3 Å². The third kappa shape index (κ3) is 3.01. The zero-order valence-electron chi connectivity index (χ0n) is 10.8. The molecule has 1 aliphatic carbocycles. The second kappa shape index (κ2) is 5.89. The maximum Gasteiger partial charge on any atom is 0.246 e. The Balaban J connectivity index is 2.39. The van der Waals surface area contributed by atoms with Gasteiger partial charge in [-0.3, -0.25) is 0 Å². The summed E-state index contributed by atoms with van der Waals surface area (Å²) in [6, 6.07) is 4.08. The van der Waals surface area contributed by atoms with Crippen LogP contribution in [0.3, 0.4) is 0 Å². The lowest BCUT2D eigenvalue weighted by Crippen LogP contribution is -2.38. The van der Waals surface area contributed by atoms with Crippen molar-refractivity contribution in [3.8, 4) is 0 Å². The molecule has 106 valence electrons. The molecule has 1 fully saturated rings. The lowest BCUT2D eigenvalue weighted by Gasteiger charge is -2.26. The Labute approximate surface area is 122 Å². The fraction of sp³-hybridized carbons (Fsp3) is 0.538. The fourth-order valence-corrected chi connectivity index (χ4v) is 4.70. The summed E-state index contributed by atoms with van der Waals surface area (Å²) < 4.78 is 41.0. The van der Waals surface area contributed by atoms with E-state index in [0.29, 0.717) is 11.0 Å². The Bertz CT molecular complexity index is 556. The highest BCUT2D eigenvalue weighted by atomic mass is 79.9. The second-order valence-electron chi connectivity index (χ2n) is 4.72. The third-order valence-electron chi connectivity index (χ3n) is 3.52. The lowest BCUT2D eigenvalue weighted by molar-refractivity contribution is 0.334. The Morgan fingerprint density at radius 2 is 2.00 bits per heavy atom. The Morgan fingerprint density at radius 1 is 1.37 bits per heavy atom. The molecule has 0 unspecified atom stereocenters. The summed E-state index contributed by atoms with van der Waals surface area (Å²) in [4.78, 5) is -0.232. The molecule has 2 rings (SSSR count). The number of sulfonamides is 1. The minimum atomic E-state index is -3.74. The SMILES string of the molecule is CCN(C1CCCC1)S(=O)(=O)c1ccc(Br)cc1F. The van der Waals surface area contributed by atoms with E-state index >= 15 is 0 Å². The summed E-state index contributed by atoms with van der Waals surface area (Å²) in [6.07, 6.45) is 3.81. The molecule has 3 nitrogen and oxygen atoms in total. The topological polar surface area (TPSA) is 37.4 Å². The first kappa shape index (κ1) is 14.9. The maximum atomic E-state index is 13.9. The highest BCUT2D eigenvalue weighted by Gasteiger charge is 2.33. The zero-order chi connectivity index (χ0) is 14.0. The Morgan fingerprint density at radius 3 is 2.53 bits per heavy atom. The highest BCUT2D eigenvalue weighted by molar-refractivity contribution is 9.10. The van der Waals surface area contributed by atoms with Gasteiger partial charge < -0.3 is 0 Å². The minimum Gasteiger partial charge on any atom is -0.207 e. The molecule has 1 aromatic carbocycles. The molecule has 1 aromatic rings. The van der Waals surface area contributed by atoms with Crippen LogP contribution < -0.4 is 0 Å². The first-order valence-corrected chi connectivity index (χ1v) is 8.67. The third-order valence-corrected chi connectivity index (χ3v) is 6.08. The predicted molar refractivity (Wildman–Crippen MR) is 75.9 cm³/mol. The molecule has 0 atom stereocenters. The van der Waals surface area contributed by atoms with Crippen molar-refractivity contribution in [1.82, 2.24) is 4.31 Å². The molecule has 0 N–H and O–H groups in total. The summed E-state index contributed by atoms with van der Waals surface area (Å²) in [5.74, 6) is -0.703. The van der Waals surface area contributed by atoms with E-state index in [-0.39, 0.29) is 10.9 Å². The van der Waals surface area contributed by atoms with Gasteiger partial charge in [0.25, 0.3) is 0 Å². The Kier molecular flexibility index (Phi) is 4.63. The van der Waals surface area contributed by atoms with Crippen molar-refractivity contribution in [2.24, 2.45) is 0 Å². The van der Waals surface area contributed by atoms with Gasteiger partial charge >= 0.3 is 0 Å². The number of halogens is 2. The monoisotopic (exact) mass is 349 g/mol. The molecule has 6 heteroatoms. The van der Waals surface area contributed by atoms with Gasteiger partial charge in [0, 0.05) is 17.1 Å². The van der Waals surface area contributed by atoms with Crippen molar-refractivity contribution in [1.29, 1.82) is 0 Å². The predicted octanol–water partition coefficient (Wildman–Crippen LogP) is 3.54. The molecule has 19 heavy (non-hydrogen) atoms. The van der Waals surface area contributed by atoms with Crippen LogP contribution in [0.2, 0.25) is 0 Å². The zero-order valence-corrected chi connectivity index (χ0v) is 13.2. The lowest BCUT2D eigenvalue weighted by atomic mass is 10.2. The molecule has 0 saturated heterocycles. The smallest absolute Gasteiger partial charge is 0.207 e. The number of hydrogen-bond donors (Lipinski definition) is 0. The van der Waals surface area contributed by atoms with Crippen LogP contribution in [0, 0.1) is 5.82 Å². The van der Waals surface area contributed by atoms with E-state index in [4.69, 9.17) is 0 Å². The second-order valence-corrected chi connectivity index (χ2v) is 7.50. The molecule has 0 aliphatic heterocycles. The molecule has 0 bridgehead atoms. The largest absolute Gasteiger partial charge is 0.246 e. The van der Waals surface area contributed by atoms with Gasteiger partial charge in [0.2, 0.25) is 10.0 Å². The van der Waals surface area contributed by atoms with Crippen molar-refractivity contribution < 1.29 is 12.8 Å². The van der Waals surface area contributed by atoms with Gasteiger partial charge in [-0.25, -0.2) is 12.8 Å². The van der Waals surface area contributed by atoms with Crippen LogP contribution in [0.4, 0.5) is 4.39 Å². The van der Waals surface area contributed by atoms with Gasteiger partial charge in [-0.15, -0.1) is 0 Å². The minimum absolute atomic E-state index is 0.0121. The average molecular weight is 350 g/mol. The standard InChI is InChI=1S/C13H17BrFNO2S/c1-2-16(11-5-3-4-6-11)19(17,18)13-8-7-10(14)9-12(13)15/h7-9,11H,2-6H2,1H3. The highest BCUT2D eigenvalue weighted by Crippen LogP contribution is 2.30. The molecular weight excluding hydrogens is 333 g/mol. The van der Waals surface area contributed by atoms with E-state index in [1.165, 1.54) is 16.4 Å². The van der Waals surface area contributed by atoms with Gasteiger partial charge in [0.05, 0.1) is 0 Å². The van der Waals surface area contributed by atoms with E-state index in [2.05, 4.69) is 15.9 Å². The van der Waals surface area contributed by atoms with Crippen molar-refractivity contribution in [2.45, 2.75) is 43.5 Å². The van der Waals surface area contributed by atoms with E-state index in [1.807, 2.05) is 0 Å². The van der Waals surface area contributed by atoms with E-state index in [1.54, 1.807) is 13.0 Å². The maximum absolute atomic E-state index is 13.9. The summed E-state index contributed by atoms with van der Waals surface area (Å²) in [5.41, 5.74) is 0. The summed E-state index contributed by atoms with van der Waals surface area (Å²) in [5, 5.41) is 0. The number of nitrogens with zero attached hydrogens (tertiary/aromatic N) is 1. The molecule has 0 amide bonds. The van der Waals surface area contributed by atoms with Crippen molar-refractivity contribution >= 4 is 26.0 Å². The van der Waals surface area contributed by atoms with Crippen LogP contribution in [0.25, 0.3) is 0 Å². The van der Waals surface area contributed by atoms with Gasteiger partial charge in [-0.1, -0.05) is 35.7 Å². The average Bonchev–Trinajstić information content (AvgIpc) is 2.82. The molecule has 0 radical (unpaired) electrons.